The largest absolute Gasteiger partial charge is 0.383 e. The summed E-state index contributed by atoms with van der Waals surface area (Å²) in [7, 11) is 1.99. The average molecular weight is 190 g/mol. The van der Waals surface area contributed by atoms with Gasteiger partial charge in [0.2, 0.25) is 0 Å². The van der Waals surface area contributed by atoms with Crippen LogP contribution in [0.2, 0.25) is 0 Å². The molecule has 4 heteroatoms. The van der Waals surface area contributed by atoms with E-state index < -0.39 is 0 Å². The van der Waals surface area contributed by atoms with Crippen LogP contribution in [-0.4, -0.2) is 22.6 Å². The van der Waals surface area contributed by atoms with Gasteiger partial charge in [-0.15, -0.1) is 0 Å². The predicted molar refractivity (Wildman–Crippen MR) is 58.3 cm³/mol. The standard InChI is InChI=1S/C10H14N4/c1-14-7-3-8-9(12-6-4-11)2-5-13-10(8)14/h2-3,5,7H,4,6,11H2,1H3,(H,12,13). The van der Waals surface area contributed by atoms with Gasteiger partial charge in [-0.1, -0.05) is 0 Å². The highest BCUT2D eigenvalue weighted by Gasteiger charge is 2.03. The Bertz CT molecular complexity index is 433. The molecular formula is C10H14N4. The summed E-state index contributed by atoms with van der Waals surface area (Å²) in [6.45, 7) is 1.42. The lowest BCUT2D eigenvalue weighted by atomic mass is 10.3. The highest BCUT2D eigenvalue weighted by atomic mass is 15.0. The molecule has 0 radical (unpaired) electrons. The van der Waals surface area contributed by atoms with Crippen LogP contribution in [0.25, 0.3) is 11.0 Å². The summed E-state index contributed by atoms with van der Waals surface area (Å²) >= 11 is 0. The Morgan fingerprint density at radius 3 is 3.14 bits per heavy atom. The first-order valence-electron chi connectivity index (χ1n) is 4.67. The van der Waals surface area contributed by atoms with Gasteiger partial charge in [0.15, 0.2) is 0 Å². The van der Waals surface area contributed by atoms with Crippen LogP contribution in [0.15, 0.2) is 24.5 Å². The number of nitrogens with two attached hydrogens (primary N) is 1. The molecular weight excluding hydrogens is 176 g/mol. The van der Waals surface area contributed by atoms with Crippen molar-refractivity contribution in [2.24, 2.45) is 12.8 Å². The Hall–Kier alpha value is -1.55. The van der Waals surface area contributed by atoms with Crippen LogP contribution in [0, 0.1) is 0 Å². The van der Waals surface area contributed by atoms with Gasteiger partial charge in [-0.2, -0.15) is 0 Å². The maximum Gasteiger partial charge on any atom is 0.141 e. The van der Waals surface area contributed by atoms with E-state index in [0.29, 0.717) is 6.54 Å². The Labute approximate surface area is 82.7 Å². The van der Waals surface area contributed by atoms with E-state index in [4.69, 9.17) is 5.73 Å². The first kappa shape index (κ1) is 9.02. The molecule has 74 valence electrons. The van der Waals surface area contributed by atoms with Crippen LogP contribution in [0.1, 0.15) is 0 Å². The summed E-state index contributed by atoms with van der Waals surface area (Å²) in [6.07, 6.45) is 3.81. The number of fused-ring (bicyclic) bond motifs is 1. The second kappa shape index (κ2) is 3.67. The molecule has 3 N–H and O–H groups in total. The second-order valence-electron chi connectivity index (χ2n) is 3.24. The maximum absolute atomic E-state index is 5.44. The third-order valence-electron chi connectivity index (χ3n) is 2.23. The van der Waals surface area contributed by atoms with Gasteiger partial charge in [-0.25, -0.2) is 4.98 Å². The quantitative estimate of drug-likeness (QED) is 0.757. The molecule has 14 heavy (non-hydrogen) atoms. The average Bonchev–Trinajstić information content (AvgIpc) is 2.58. The summed E-state index contributed by atoms with van der Waals surface area (Å²) in [5, 5.41) is 4.41. The van der Waals surface area contributed by atoms with Crippen molar-refractivity contribution in [3.8, 4) is 0 Å². The number of pyridine rings is 1. The zero-order valence-corrected chi connectivity index (χ0v) is 8.20. The molecule has 0 aliphatic heterocycles. The lowest BCUT2D eigenvalue weighted by molar-refractivity contribution is 0.948. The SMILES string of the molecule is Cn1ccc2c(NCCN)ccnc21. The van der Waals surface area contributed by atoms with E-state index in [1.54, 1.807) is 6.20 Å². The minimum Gasteiger partial charge on any atom is -0.383 e. The van der Waals surface area contributed by atoms with Gasteiger partial charge in [-0.3, -0.25) is 0 Å². The normalized spacial score (nSPS) is 10.7. The fourth-order valence-electron chi connectivity index (χ4n) is 1.53. The highest BCUT2D eigenvalue weighted by molar-refractivity contribution is 5.89. The summed E-state index contributed by atoms with van der Waals surface area (Å²) in [5.74, 6) is 0. The highest BCUT2D eigenvalue weighted by Crippen LogP contribution is 2.21. The van der Waals surface area contributed by atoms with Crippen LogP contribution in [0.5, 0.6) is 0 Å². The number of nitrogens with zero attached hydrogens (tertiary/aromatic N) is 2. The van der Waals surface area contributed by atoms with Gasteiger partial charge < -0.3 is 15.6 Å². The van der Waals surface area contributed by atoms with Crippen LogP contribution < -0.4 is 11.1 Å². The third-order valence-corrected chi connectivity index (χ3v) is 2.23. The lowest BCUT2D eigenvalue weighted by Gasteiger charge is -2.05. The van der Waals surface area contributed by atoms with Gasteiger partial charge in [-0.05, 0) is 12.1 Å². The number of aryl methyl sites for hydroxylation is 1. The molecule has 0 spiro atoms. The van der Waals surface area contributed by atoms with Crippen molar-refractivity contribution in [3.05, 3.63) is 24.5 Å². The molecule has 2 aromatic rings. The van der Waals surface area contributed by atoms with Gasteiger partial charge in [0, 0.05) is 43.6 Å². The molecule has 0 aromatic carbocycles. The van der Waals surface area contributed by atoms with E-state index in [-0.39, 0.29) is 0 Å². The van der Waals surface area contributed by atoms with Crippen molar-refractivity contribution in [2.45, 2.75) is 0 Å². The molecule has 2 aromatic heterocycles. The van der Waals surface area contributed by atoms with Gasteiger partial charge in [0.1, 0.15) is 5.65 Å². The first-order valence-corrected chi connectivity index (χ1v) is 4.67. The molecule has 0 saturated carbocycles. The van der Waals surface area contributed by atoms with Crippen molar-refractivity contribution in [2.75, 3.05) is 18.4 Å². The number of hydrogen-bond donors (Lipinski definition) is 2. The van der Waals surface area contributed by atoms with E-state index in [1.165, 1.54) is 0 Å². The summed E-state index contributed by atoms with van der Waals surface area (Å²) in [4.78, 5) is 4.30. The molecule has 2 heterocycles. The fraction of sp³-hybridized carbons (Fsp3) is 0.300. The first-order chi connectivity index (χ1) is 6.83. The number of anilines is 1. The van der Waals surface area contributed by atoms with E-state index in [2.05, 4.69) is 16.4 Å². The van der Waals surface area contributed by atoms with Crippen LogP contribution >= 0.6 is 0 Å². The molecule has 0 atom stereocenters. The molecule has 0 aliphatic rings. The van der Waals surface area contributed by atoms with E-state index >= 15 is 0 Å². The zero-order valence-electron chi connectivity index (χ0n) is 8.20. The smallest absolute Gasteiger partial charge is 0.141 e. The van der Waals surface area contributed by atoms with Crippen LogP contribution in [-0.2, 0) is 7.05 Å². The maximum atomic E-state index is 5.44. The molecule has 0 unspecified atom stereocenters. The van der Waals surface area contributed by atoms with Crippen LogP contribution in [0.3, 0.4) is 0 Å². The lowest BCUT2D eigenvalue weighted by Crippen LogP contribution is -2.13. The van der Waals surface area contributed by atoms with Crippen molar-refractivity contribution >= 4 is 16.7 Å². The number of nitrogens with one attached hydrogen (secondary N) is 1. The minimum atomic E-state index is 0.636. The number of hydrogen-bond acceptors (Lipinski definition) is 3. The predicted octanol–water partition coefficient (Wildman–Crippen LogP) is 0.944. The third kappa shape index (κ3) is 1.44. The number of rotatable bonds is 3. The topological polar surface area (TPSA) is 55.9 Å². The Balaban J connectivity index is 2.44. The molecule has 0 bridgehead atoms. The van der Waals surface area contributed by atoms with Crippen molar-refractivity contribution in [1.29, 1.82) is 0 Å². The number of aromatic nitrogens is 2. The Morgan fingerprint density at radius 2 is 2.36 bits per heavy atom. The Kier molecular flexibility index (Phi) is 2.37. The molecule has 0 amide bonds. The van der Waals surface area contributed by atoms with Crippen molar-refractivity contribution in [3.63, 3.8) is 0 Å². The van der Waals surface area contributed by atoms with Crippen molar-refractivity contribution in [1.82, 2.24) is 9.55 Å². The monoisotopic (exact) mass is 190 g/mol. The van der Waals surface area contributed by atoms with E-state index in [0.717, 1.165) is 23.3 Å². The summed E-state index contributed by atoms with van der Waals surface area (Å²) in [5.41, 5.74) is 7.53. The zero-order chi connectivity index (χ0) is 9.97. The molecule has 2 rings (SSSR count). The van der Waals surface area contributed by atoms with Gasteiger partial charge in [0.05, 0.1) is 0 Å². The van der Waals surface area contributed by atoms with Gasteiger partial charge in [0.25, 0.3) is 0 Å². The van der Waals surface area contributed by atoms with E-state index in [9.17, 15) is 0 Å². The fourth-order valence-corrected chi connectivity index (χ4v) is 1.53. The van der Waals surface area contributed by atoms with Crippen LogP contribution in [0.4, 0.5) is 5.69 Å². The van der Waals surface area contributed by atoms with Crippen molar-refractivity contribution < 1.29 is 0 Å². The van der Waals surface area contributed by atoms with Gasteiger partial charge >= 0.3 is 0 Å². The minimum absolute atomic E-state index is 0.636. The molecule has 0 fully saturated rings. The molecule has 0 saturated heterocycles. The molecule has 4 nitrogen and oxygen atoms in total. The summed E-state index contributed by atoms with van der Waals surface area (Å²) < 4.78 is 2.00. The second-order valence-corrected chi connectivity index (χ2v) is 3.24. The Morgan fingerprint density at radius 1 is 1.50 bits per heavy atom. The van der Waals surface area contributed by atoms with E-state index in [1.807, 2.05) is 23.9 Å². The molecule has 0 aliphatic carbocycles. The summed E-state index contributed by atoms with van der Waals surface area (Å²) in [6, 6.07) is 4.03.